The second kappa shape index (κ2) is 7.44. The van der Waals surface area contributed by atoms with E-state index in [0.29, 0.717) is 5.57 Å². The van der Waals surface area contributed by atoms with Crippen molar-refractivity contribution in [2.75, 3.05) is 26.2 Å². The smallest absolute Gasteiger partial charge is 0.246 e. The lowest BCUT2D eigenvalue weighted by atomic mass is 10.1. The lowest BCUT2D eigenvalue weighted by Gasteiger charge is -2.26. The number of likely N-dealkylation sites (tertiary alicyclic amines) is 1. The van der Waals surface area contributed by atoms with Crippen molar-refractivity contribution in [2.24, 2.45) is 0 Å². The van der Waals surface area contributed by atoms with Gasteiger partial charge in [0.2, 0.25) is 5.91 Å². The van der Waals surface area contributed by atoms with E-state index < -0.39 is 0 Å². The highest BCUT2D eigenvalue weighted by Gasteiger charge is 2.08. The van der Waals surface area contributed by atoms with Gasteiger partial charge in [0.25, 0.3) is 0 Å². The van der Waals surface area contributed by atoms with Gasteiger partial charge in [0.05, 0.1) is 0 Å². The van der Waals surface area contributed by atoms with Gasteiger partial charge < -0.3 is 10.2 Å². The average Bonchev–Trinajstić information content (AvgIpc) is 2.29. The van der Waals surface area contributed by atoms with Gasteiger partial charge in [-0.2, -0.15) is 0 Å². The Labute approximate surface area is 98.9 Å². The quantitative estimate of drug-likeness (QED) is 0.552. The number of rotatable bonds is 6. The number of amides is 1. The van der Waals surface area contributed by atoms with E-state index in [9.17, 15) is 4.79 Å². The van der Waals surface area contributed by atoms with Crippen LogP contribution in [0.2, 0.25) is 0 Å². The van der Waals surface area contributed by atoms with Crippen LogP contribution in [0.4, 0.5) is 0 Å². The molecule has 1 fully saturated rings. The van der Waals surface area contributed by atoms with Gasteiger partial charge in [-0.05, 0) is 52.2 Å². The zero-order chi connectivity index (χ0) is 11.8. The summed E-state index contributed by atoms with van der Waals surface area (Å²) in [5.74, 6) is -0.0158. The third-order valence-electron chi connectivity index (χ3n) is 3.02. The number of hydrogen-bond acceptors (Lipinski definition) is 2. The van der Waals surface area contributed by atoms with E-state index in [4.69, 9.17) is 0 Å². The van der Waals surface area contributed by atoms with E-state index in [1.165, 1.54) is 45.3 Å². The maximum absolute atomic E-state index is 11.2. The number of unbranched alkanes of at least 4 members (excludes halogenated alkanes) is 1. The van der Waals surface area contributed by atoms with E-state index in [-0.39, 0.29) is 5.91 Å². The molecule has 1 N–H and O–H groups in total. The summed E-state index contributed by atoms with van der Waals surface area (Å²) in [7, 11) is 0. The Morgan fingerprint density at radius 3 is 2.56 bits per heavy atom. The van der Waals surface area contributed by atoms with Gasteiger partial charge in [-0.1, -0.05) is 13.0 Å². The number of hydrogen-bond donors (Lipinski definition) is 1. The molecule has 0 spiro atoms. The third kappa shape index (κ3) is 5.31. The van der Waals surface area contributed by atoms with Crippen LogP contribution in [0.1, 0.15) is 39.0 Å². The molecular weight excluding hydrogens is 200 g/mol. The van der Waals surface area contributed by atoms with Crippen LogP contribution in [0, 0.1) is 0 Å². The fourth-order valence-corrected chi connectivity index (χ4v) is 2.00. The van der Waals surface area contributed by atoms with Crippen LogP contribution in [0.15, 0.2) is 12.2 Å². The second-order valence-corrected chi connectivity index (χ2v) is 4.65. The molecule has 0 atom stereocenters. The Hall–Kier alpha value is -0.830. The number of piperidine rings is 1. The van der Waals surface area contributed by atoms with E-state index in [0.717, 1.165) is 13.0 Å². The Balaban J connectivity index is 1.95. The minimum atomic E-state index is -0.0158. The van der Waals surface area contributed by atoms with Crippen molar-refractivity contribution in [1.82, 2.24) is 10.2 Å². The maximum Gasteiger partial charge on any atom is 0.246 e. The van der Waals surface area contributed by atoms with Crippen LogP contribution in [0.5, 0.6) is 0 Å². The molecule has 1 aliphatic rings. The van der Waals surface area contributed by atoms with Crippen molar-refractivity contribution >= 4 is 5.91 Å². The zero-order valence-corrected chi connectivity index (χ0v) is 10.4. The number of nitrogens with one attached hydrogen (secondary N) is 1. The zero-order valence-electron chi connectivity index (χ0n) is 10.4. The molecule has 92 valence electrons. The molecule has 1 heterocycles. The standard InChI is InChI=1S/C13H24N2O/c1-12(2)13(16)14-8-4-7-11-15-9-5-3-6-10-15/h1,3-11H2,2H3,(H,14,16). The highest BCUT2D eigenvalue weighted by Crippen LogP contribution is 2.09. The molecule has 16 heavy (non-hydrogen) atoms. The summed E-state index contributed by atoms with van der Waals surface area (Å²) in [5.41, 5.74) is 0.594. The summed E-state index contributed by atoms with van der Waals surface area (Å²) in [5, 5.41) is 2.86. The van der Waals surface area contributed by atoms with E-state index in [1.54, 1.807) is 6.92 Å². The van der Waals surface area contributed by atoms with Crippen LogP contribution in [-0.2, 0) is 4.79 Å². The van der Waals surface area contributed by atoms with Crippen LogP contribution in [0.3, 0.4) is 0 Å². The lowest BCUT2D eigenvalue weighted by molar-refractivity contribution is -0.117. The topological polar surface area (TPSA) is 32.3 Å². The van der Waals surface area contributed by atoms with Crippen LogP contribution >= 0.6 is 0 Å². The molecule has 0 aromatic carbocycles. The number of carbonyl (C=O) groups is 1. The predicted molar refractivity (Wildman–Crippen MR) is 67.3 cm³/mol. The molecule has 0 saturated carbocycles. The minimum Gasteiger partial charge on any atom is -0.352 e. The van der Waals surface area contributed by atoms with Gasteiger partial charge in [-0.3, -0.25) is 4.79 Å². The van der Waals surface area contributed by atoms with Crippen molar-refractivity contribution < 1.29 is 4.79 Å². The van der Waals surface area contributed by atoms with Crippen LogP contribution in [-0.4, -0.2) is 37.0 Å². The van der Waals surface area contributed by atoms with Crippen LogP contribution < -0.4 is 5.32 Å². The van der Waals surface area contributed by atoms with Gasteiger partial charge in [0, 0.05) is 12.1 Å². The van der Waals surface area contributed by atoms with Gasteiger partial charge >= 0.3 is 0 Å². The first-order valence-electron chi connectivity index (χ1n) is 6.36. The van der Waals surface area contributed by atoms with E-state index in [1.807, 2.05) is 0 Å². The van der Waals surface area contributed by atoms with Gasteiger partial charge in [0.1, 0.15) is 0 Å². The molecule has 3 nitrogen and oxygen atoms in total. The van der Waals surface area contributed by atoms with Crippen molar-refractivity contribution in [3.63, 3.8) is 0 Å². The molecule has 1 aliphatic heterocycles. The van der Waals surface area contributed by atoms with Gasteiger partial charge in [-0.25, -0.2) is 0 Å². The molecule has 1 rings (SSSR count). The summed E-state index contributed by atoms with van der Waals surface area (Å²) >= 11 is 0. The molecule has 0 aliphatic carbocycles. The Kier molecular flexibility index (Phi) is 6.16. The first-order chi connectivity index (χ1) is 7.70. The summed E-state index contributed by atoms with van der Waals surface area (Å²) in [6.07, 6.45) is 6.34. The average molecular weight is 224 g/mol. The van der Waals surface area contributed by atoms with E-state index >= 15 is 0 Å². The molecule has 3 heteroatoms. The molecular formula is C13H24N2O. The van der Waals surface area contributed by atoms with Crippen molar-refractivity contribution in [1.29, 1.82) is 0 Å². The second-order valence-electron chi connectivity index (χ2n) is 4.65. The number of carbonyl (C=O) groups excluding carboxylic acids is 1. The molecule has 0 unspecified atom stereocenters. The SMILES string of the molecule is C=C(C)C(=O)NCCCCN1CCCCC1. The molecule has 0 radical (unpaired) electrons. The largest absolute Gasteiger partial charge is 0.352 e. The van der Waals surface area contributed by atoms with Crippen LogP contribution in [0.25, 0.3) is 0 Å². The van der Waals surface area contributed by atoms with E-state index in [2.05, 4.69) is 16.8 Å². The van der Waals surface area contributed by atoms with Crippen molar-refractivity contribution in [3.8, 4) is 0 Å². The maximum atomic E-state index is 11.2. The monoisotopic (exact) mass is 224 g/mol. The highest BCUT2D eigenvalue weighted by molar-refractivity contribution is 5.91. The van der Waals surface area contributed by atoms with Gasteiger partial charge in [0.15, 0.2) is 0 Å². The summed E-state index contributed by atoms with van der Waals surface area (Å²) in [6, 6.07) is 0. The Morgan fingerprint density at radius 1 is 1.25 bits per heavy atom. The first kappa shape index (κ1) is 13.2. The van der Waals surface area contributed by atoms with Gasteiger partial charge in [-0.15, -0.1) is 0 Å². The molecule has 1 saturated heterocycles. The Bertz CT molecular complexity index is 232. The molecule has 0 bridgehead atoms. The normalized spacial score (nSPS) is 17.1. The molecule has 1 amide bonds. The lowest BCUT2D eigenvalue weighted by Crippen LogP contribution is -2.31. The fraction of sp³-hybridized carbons (Fsp3) is 0.769. The summed E-state index contributed by atoms with van der Waals surface area (Å²) < 4.78 is 0. The predicted octanol–water partition coefficient (Wildman–Crippen LogP) is 1.94. The summed E-state index contributed by atoms with van der Waals surface area (Å²) in [6.45, 7) is 9.83. The number of nitrogens with zero attached hydrogens (tertiary/aromatic N) is 1. The minimum absolute atomic E-state index is 0.0158. The summed E-state index contributed by atoms with van der Waals surface area (Å²) in [4.78, 5) is 13.7. The van der Waals surface area contributed by atoms with Crippen molar-refractivity contribution in [3.05, 3.63) is 12.2 Å². The fourth-order valence-electron chi connectivity index (χ4n) is 2.00. The Morgan fingerprint density at radius 2 is 1.94 bits per heavy atom. The highest BCUT2D eigenvalue weighted by atomic mass is 16.1. The third-order valence-corrected chi connectivity index (χ3v) is 3.02. The van der Waals surface area contributed by atoms with Crippen molar-refractivity contribution in [2.45, 2.75) is 39.0 Å². The molecule has 0 aromatic rings. The molecule has 0 aromatic heterocycles. The first-order valence-corrected chi connectivity index (χ1v) is 6.36.